The standard InChI is InChI=1S/C10H8F3N3OS/c1-16-3-2-6(15-16)5-4-7(10(11,12)13)18-8(5)9(14)17/h2-4H,1H3,(H2,14,17). The maximum atomic E-state index is 12.6. The van der Waals surface area contributed by atoms with Crippen molar-refractivity contribution in [2.24, 2.45) is 12.8 Å². The minimum Gasteiger partial charge on any atom is -0.365 e. The van der Waals surface area contributed by atoms with Crippen molar-refractivity contribution in [1.29, 1.82) is 0 Å². The lowest BCUT2D eigenvalue weighted by atomic mass is 10.1. The summed E-state index contributed by atoms with van der Waals surface area (Å²) < 4.78 is 39.2. The normalized spacial score (nSPS) is 11.8. The van der Waals surface area contributed by atoms with Crippen LogP contribution in [0.15, 0.2) is 18.3 Å². The van der Waals surface area contributed by atoms with Crippen LogP contribution in [-0.4, -0.2) is 15.7 Å². The number of hydrogen-bond donors (Lipinski definition) is 1. The molecule has 18 heavy (non-hydrogen) atoms. The molecule has 0 aliphatic heterocycles. The van der Waals surface area contributed by atoms with Gasteiger partial charge in [-0.15, -0.1) is 11.3 Å². The van der Waals surface area contributed by atoms with Crippen LogP contribution in [0.5, 0.6) is 0 Å². The summed E-state index contributed by atoms with van der Waals surface area (Å²) in [6.07, 6.45) is -2.92. The van der Waals surface area contributed by atoms with Gasteiger partial charge in [0.05, 0.1) is 5.69 Å². The molecule has 0 bridgehead atoms. The predicted octanol–water partition coefficient (Wildman–Crippen LogP) is 2.27. The summed E-state index contributed by atoms with van der Waals surface area (Å²) in [5.41, 5.74) is 5.49. The van der Waals surface area contributed by atoms with E-state index in [1.165, 1.54) is 10.7 Å². The number of primary amides is 1. The van der Waals surface area contributed by atoms with E-state index in [9.17, 15) is 18.0 Å². The number of hydrogen-bond acceptors (Lipinski definition) is 3. The van der Waals surface area contributed by atoms with Crippen LogP contribution in [0.1, 0.15) is 14.5 Å². The van der Waals surface area contributed by atoms with E-state index >= 15 is 0 Å². The number of rotatable bonds is 2. The highest BCUT2D eigenvalue weighted by atomic mass is 32.1. The van der Waals surface area contributed by atoms with Crippen LogP contribution in [0.25, 0.3) is 11.3 Å². The molecule has 96 valence electrons. The van der Waals surface area contributed by atoms with Crippen LogP contribution >= 0.6 is 11.3 Å². The van der Waals surface area contributed by atoms with E-state index in [0.717, 1.165) is 6.07 Å². The number of nitrogens with two attached hydrogens (primary N) is 1. The second-order valence-electron chi connectivity index (χ2n) is 3.59. The minimum absolute atomic E-state index is 0.112. The molecule has 0 atom stereocenters. The number of amides is 1. The summed E-state index contributed by atoms with van der Waals surface area (Å²) in [5, 5.41) is 3.97. The predicted molar refractivity (Wildman–Crippen MR) is 60.0 cm³/mol. The van der Waals surface area contributed by atoms with E-state index in [1.807, 2.05) is 0 Å². The van der Waals surface area contributed by atoms with Gasteiger partial charge in [0.25, 0.3) is 5.91 Å². The Bertz CT molecular complexity index is 600. The number of nitrogens with zero attached hydrogens (tertiary/aromatic N) is 2. The molecular formula is C10H8F3N3OS. The van der Waals surface area contributed by atoms with Crippen LogP contribution in [0, 0.1) is 0 Å². The van der Waals surface area contributed by atoms with E-state index in [4.69, 9.17) is 5.73 Å². The zero-order chi connectivity index (χ0) is 13.5. The molecule has 4 nitrogen and oxygen atoms in total. The van der Waals surface area contributed by atoms with Crippen molar-refractivity contribution in [3.8, 4) is 11.3 Å². The Morgan fingerprint density at radius 2 is 2.17 bits per heavy atom. The first-order valence-electron chi connectivity index (χ1n) is 4.80. The summed E-state index contributed by atoms with van der Waals surface area (Å²) in [5.74, 6) is -0.892. The molecule has 0 aliphatic carbocycles. The monoisotopic (exact) mass is 275 g/mol. The SMILES string of the molecule is Cn1ccc(-c2cc(C(F)(F)F)sc2C(N)=O)n1. The van der Waals surface area contributed by atoms with Crippen molar-refractivity contribution >= 4 is 17.2 Å². The molecule has 0 saturated heterocycles. The highest BCUT2D eigenvalue weighted by molar-refractivity contribution is 7.14. The quantitative estimate of drug-likeness (QED) is 0.913. The Balaban J connectivity index is 2.59. The van der Waals surface area contributed by atoms with Gasteiger partial charge in [-0.3, -0.25) is 9.48 Å². The summed E-state index contributed by atoms with van der Waals surface area (Å²) in [6, 6.07) is 2.42. The Morgan fingerprint density at radius 3 is 2.61 bits per heavy atom. The van der Waals surface area contributed by atoms with E-state index < -0.39 is 17.0 Å². The molecule has 0 saturated carbocycles. The van der Waals surface area contributed by atoms with Gasteiger partial charge in [-0.1, -0.05) is 0 Å². The number of aromatic nitrogens is 2. The van der Waals surface area contributed by atoms with Gasteiger partial charge < -0.3 is 5.73 Å². The van der Waals surface area contributed by atoms with Crippen molar-refractivity contribution in [2.75, 3.05) is 0 Å². The molecule has 0 aromatic carbocycles. The topological polar surface area (TPSA) is 60.9 Å². The second kappa shape index (κ2) is 4.13. The Morgan fingerprint density at radius 1 is 1.50 bits per heavy atom. The van der Waals surface area contributed by atoms with Crippen LogP contribution < -0.4 is 5.73 Å². The van der Waals surface area contributed by atoms with Crippen LogP contribution in [0.3, 0.4) is 0 Å². The van der Waals surface area contributed by atoms with Gasteiger partial charge in [0.15, 0.2) is 0 Å². The van der Waals surface area contributed by atoms with Crippen molar-refractivity contribution in [1.82, 2.24) is 9.78 Å². The summed E-state index contributed by atoms with van der Waals surface area (Å²) >= 11 is 0.330. The molecule has 8 heteroatoms. The van der Waals surface area contributed by atoms with E-state index in [1.54, 1.807) is 13.2 Å². The van der Waals surface area contributed by atoms with Gasteiger partial charge >= 0.3 is 6.18 Å². The highest BCUT2D eigenvalue weighted by Gasteiger charge is 2.35. The van der Waals surface area contributed by atoms with Gasteiger partial charge in [0.1, 0.15) is 9.75 Å². The number of halogens is 3. The number of thiophene rings is 1. The third-order valence-electron chi connectivity index (χ3n) is 2.22. The van der Waals surface area contributed by atoms with Gasteiger partial charge in [0, 0.05) is 18.8 Å². The van der Waals surface area contributed by atoms with Crippen LogP contribution in [0.2, 0.25) is 0 Å². The molecule has 0 fully saturated rings. The molecule has 2 aromatic heterocycles. The lowest BCUT2D eigenvalue weighted by Crippen LogP contribution is -2.10. The molecule has 0 spiro atoms. The van der Waals surface area contributed by atoms with Gasteiger partial charge in [-0.25, -0.2) is 0 Å². The molecule has 0 radical (unpaired) electrons. The molecule has 2 heterocycles. The van der Waals surface area contributed by atoms with Gasteiger partial charge in [0.2, 0.25) is 0 Å². The zero-order valence-electron chi connectivity index (χ0n) is 9.15. The summed E-state index contributed by atoms with van der Waals surface area (Å²) in [7, 11) is 1.63. The summed E-state index contributed by atoms with van der Waals surface area (Å²) in [4.78, 5) is 10.2. The molecule has 2 rings (SSSR count). The molecule has 0 aliphatic rings. The van der Waals surface area contributed by atoms with Crippen molar-refractivity contribution < 1.29 is 18.0 Å². The molecular weight excluding hydrogens is 267 g/mol. The van der Waals surface area contributed by atoms with Crippen molar-refractivity contribution in [2.45, 2.75) is 6.18 Å². The summed E-state index contributed by atoms with van der Waals surface area (Å²) in [6.45, 7) is 0. The first kappa shape index (κ1) is 12.6. The van der Waals surface area contributed by atoms with E-state index in [2.05, 4.69) is 5.10 Å². The molecule has 2 aromatic rings. The number of aryl methyl sites for hydroxylation is 1. The lowest BCUT2D eigenvalue weighted by molar-refractivity contribution is -0.134. The largest absolute Gasteiger partial charge is 0.425 e. The van der Waals surface area contributed by atoms with Gasteiger partial charge in [-0.2, -0.15) is 18.3 Å². The first-order chi connectivity index (χ1) is 8.29. The Labute approximate surface area is 104 Å². The van der Waals surface area contributed by atoms with Crippen LogP contribution in [-0.2, 0) is 13.2 Å². The minimum atomic E-state index is -4.50. The first-order valence-corrected chi connectivity index (χ1v) is 5.61. The smallest absolute Gasteiger partial charge is 0.365 e. The maximum Gasteiger partial charge on any atom is 0.425 e. The number of alkyl halides is 3. The fourth-order valence-corrected chi connectivity index (χ4v) is 2.35. The van der Waals surface area contributed by atoms with Crippen molar-refractivity contribution in [3.05, 3.63) is 28.1 Å². The van der Waals surface area contributed by atoms with Crippen LogP contribution in [0.4, 0.5) is 13.2 Å². The van der Waals surface area contributed by atoms with Crippen molar-refractivity contribution in [3.63, 3.8) is 0 Å². The second-order valence-corrected chi connectivity index (χ2v) is 4.64. The van der Waals surface area contributed by atoms with E-state index in [0.29, 0.717) is 11.3 Å². The fraction of sp³-hybridized carbons (Fsp3) is 0.200. The van der Waals surface area contributed by atoms with Gasteiger partial charge in [-0.05, 0) is 12.1 Å². The van der Waals surface area contributed by atoms with E-state index in [-0.39, 0.29) is 16.1 Å². The number of carbonyl (C=O) groups is 1. The fourth-order valence-electron chi connectivity index (χ4n) is 1.46. The third kappa shape index (κ3) is 2.23. The molecule has 2 N–H and O–H groups in total. The lowest BCUT2D eigenvalue weighted by Gasteiger charge is -2.00. The third-order valence-corrected chi connectivity index (χ3v) is 3.42. The highest BCUT2D eigenvalue weighted by Crippen LogP contribution is 2.39. The number of carbonyl (C=O) groups excluding carboxylic acids is 1. The Kier molecular flexibility index (Phi) is 2.89. The Hall–Kier alpha value is -1.83. The zero-order valence-corrected chi connectivity index (χ0v) is 9.97. The average Bonchev–Trinajstić information content (AvgIpc) is 2.81. The average molecular weight is 275 g/mol. The maximum absolute atomic E-state index is 12.6. The molecule has 1 amide bonds. The molecule has 0 unspecified atom stereocenters.